The van der Waals surface area contributed by atoms with Crippen LogP contribution in [0.2, 0.25) is 0 Å². The second-order valence-corrected chi connectivity index (χ2v) is 6.61. The van der Waals surface area contributed by atoms with Gasteiger partial charge in [0.25, 0.3) is 0 Å². The molecule has 1 N–H and O–H groups in total. The van der Waals surface area contributed by atoms with Gasteiger partial charge in [0.2, 0.25) is 0 Å². The Morgan fingerprint density at radius 1 is 1.12 bits per heavy atom. The normalized spacial score (nSPS) is 12.2. The van der Waals surface area contributed by atoms with Gasteiger partial charge in [-0.25, -0.2) is 0 Å². The number of benzene rings is 2. The Morgan fingerprint density at radius 2 is 1.76 bits per heavy atom. The smallest absolute Gasteiger partial charge is 0.507 e. The Labute approximate surface area is 142 Å². The van der Waals surface area contributed by atoms with Crippen LogP contribution in [0.4, 0.5) is 13.2 Å². The first-order valence-electron chi connectivity index (χ1n) is 7.06. The van der Waals surface area contributed by atoms with Crippen LogP contribution >= 0.6 is 0 Å². The first-order chi connectivity index (χ1) is 11.7. The number of aromatic hydroxyl groups is 1. The van der Waals surface area contributed by atoms with Crippen molar-refractivity contribution in [2.24, 2.45) is 0 Å². The van der Waals surface area contributed by atoms with E-state index in [1.165, 1.54) is 7.11 Å². The summed E-state index contributed by atoms with van der Waals surface area (Å²) in [7, 11) is -4.38. The van der Waals surface area contributed by atoms with Gasteiger partial charge in [-0.15, -0.1) is 0 Å². The van der Waals surface area contributed by atoms with E-state index < -0.39 is 27.1 Å². The van der Waals surface area contributed by atoms with E-state index in [2.05, 4.69) is 4.18 Å². The lowest BCUT2D eigenvalue weighted by molar-refractivity contribution is -0.0500. The minimum absolute atomic E-state index is 0.217. The molecule has 0 heterocycles. The van der Waals surface area contributed by atoms with Crippen molar-refractivity contribution in [3.05, 3.63) is 48.0 Å². The number of alkyl halides is 3. The fourth-order valence-corrected chi connectivity index (χ4v) is 2.67. The molecule has 9 heteroatoms. The molecule has 0 spiro atoms. The highest BCUT2D eigenvalue weighted by molar-refractivity contribution is 7.88. The summed E-state index contributed by atoms with van der Waals surface area (Å²) >= 11 is 0. The number of hydrogen-bond donors (Lipinski definition) is 1. The SMILES string of the molecule is COCCc1cc(OS(=O)(=O)C(F)(F)F)cc(O)c1-c1ccccc1. The van der Waals surface area contributed by atoms with Crippen LogP contribution in [0.3, 0.4) is 0 Å². The van der Waals surface area contributed by atoms with Gasteiger partial charge in [0.15, 0.2) is 0 Å². The third-order valence-electron chi connectivity index (χ3n) is 3.30. The van der Waals surface area contributed by atoms with Crippen LogP contribution < -0.4 is 4.18 Å². The van der Waals surface area contributed by atoms with Gasteiger partial charge < -0.3 is 14.0 Å². The molecule has 0 atom stereocenters. The fourth-order valence-electron chi connectivity index (χ4n) is 2.23. The molecule has 25 heavy (non-hydrogen) atoms. The molecule has 0 fully saturated rings. The summed E-state index contributed by atoms with van der Waals surface area (Å²) in [5, 5.41) is 10.2. The van der Waals surface area contributed by atoms with E-state index in [-0.39, 0.29) is 13.0 Å². The van der Waals surface area contributed by atoms with Gasteiger partial charge >= 0.3 is 15.6 Å². The van der Waals surface area contributed by atoms with Crippen molar-refractivity contribution in [2.45, 2.75) is 11.9 Å². The standard InChI is InChI=1S/C16H15F3O5S/c1-23-8-7-12-9-13(24-25(21,22)16(17,18)19)10-14(20)15(12)11-5-3-2-4-6-11/h2-6,9-10,20H,7-8H2,1H3. The van der Waals surface area contributed by atoms with Gasteiger partial charge in [0.05, 0.1) is 6.61 Å². The number of halogens is 3. The molecule has 0 aliphatic rings. The lowest BCUT2D eigenvalue weighted by Gasteiger charge is -2.15. The fraction of sp³-hybridized carbons (Fsp3) is 0.250. The molecule has 0 aliphatic carbocycles. The molecule has 0 aromatic heterocycles. The molecule has 2 rings (SSSR count). The molecule has 2 aromatic rings. The predicted octanol–water partition coefficient (Wildman–Crippen LogP) is 3.48. The van der Waals surface area contributed by atoms with E-state index in [4.69, 9.17) is 4.74 Å². The van der Waals surface area contributed by atoms with Gasteiger partial charge in [-0.05, 0) is 23.6 Å². The van der Waals surface area contributed by atoms with Crippen LogP contribution in [-0.2, 0) is 21.3 Å². The topological polar surface area (TPSA) is 72.8 Å². The van der Waals surface area contributed by atoms with E-state index in [1.54, 1.807) is 30.3 Å². The largest absolute Gasteiger partial charge is 0.534 e. The van der Waals surface area contributed by atoms with E-state index in [1.807, 2.05) is 0 Å². The number of hydrogen-bond acceptors (Lipinski definition) is 5. The van der Waals surface area contributed by atoms with E-state index in [0.29, 0.717) is 16.7 Å². The molecule has 0 saturated heterocycles. The van der Waals surface area contributed by atoms with Crippen molar-refractivity contribution in [1.82, 2.24) is 0 Å². The zero-order valence-electron chi connectivity index (χ0n) is 13.1. The molecule has 0 saturated carbocycles. The lowest BCUT2D eigenvalue weighted by atomic mass is 9.96. The van der Waals surface area contributed by atoms with Gasteiger partial charge in [0, 0.05) is 18.7 Å². The number of ether oxygens (including phenoxy) is 1. The Balaban J connectivity index is 2.51. The van der Waals surface area contributed by atoms with Crippen molar-refractivity contribution in [1.29, 1.82) is 0 Å². The Hall–Kier alpha value is -2.26. The molecule has 136 valence electrons. The molecule has 0 amide bonds. The average molecular weight is 376 g/mol. The highest BCUT2D eigenvalue weighted by Crippen LogP contribution is 2.38. The summed E-state index contributed by atoms with van der Waals surface area (Å²) in [6.07, 6.45) is 0.234. The van der Waals surface area contributed by atoms with Crippen LogP contribution in [0.15, 0.2) is 42.5 Å². The number of phenols is 1. The van der Waals surface area contributed by atoms with Gasteiger partial charge in [0.1, 0.15) is 11.5 Å². The number of rotatable bonds is 6. The molecule has 0 unspecified atom stereocenters. The van der Waals surface area contributed by atoms with Crippen LogP contribution in [-0.4, -0.2) is 32.7 Å². The maximum atomic E-state index is 12.5. The third-order valence-corrected chi connectivity index (χ3v) is 4.28. The quantitative estimate of drug-likeness (QED) is 0.617. The first kappa shape index (κ1) is 19.1. The number of phenolic OH excluding ortho intramolecular Hbond substituents is 1. The van der Waals surface area contributed by atoms with Crippen LogP contribution in [0.25, 0.3) is 11.1 Å². The Bertz CT molecular complexity index is 833. The third kappa shape index (κ3) is 4.43. The Morgan fingerprint density at radius 3 is 2.32 bits per heavy atom. The zero-order valence-corrected chi connectivity index (χ0v) is 13.9. The minimum Gasteiger partial charge on any atom is -0.507 e. The monoisotopic (exact) mass is 376 g/mol. The molecule has 2 aromatic carbocycles. The van der Waals surface area contributed by atoms with Crippen molar-refractivity contribution in [3.8, 4) is 22.6 Å². The minimum atomic E-state index is -5.82. The van der Waals surface area contributed by atoms with Crippen LogP contribution in [0, 0.1) is 0 Å². The van der Waals surface area contributed by atoms with Crippen molar-refractivity contribution < 1.29 is 35.6 Å². The molecular weight excluding hydrogens is 361 g/mol. The molecule has 5 nitrogen and oxygen atoms in total. The summed E-state index contributed by atoms with van der Waals surface area (Å²) in [5.74, 6) is -1.02. The molecule has 0 aliphatic heterocycles. The first-order valence-corrected chi connectivity index (χ1v) is 8.47. The van der Waals surface area contributed by atoms with E-state index >= 15 is 0 Å². The predicted molar refractivity (Wildman–Crippen MR) is 84.7 cm³/mol. The summed E-state index contributed by atoms with van der Waals surface area (Å²) in [6, 6.07) is 10.6. The maximum Gasteiger partial charge on any atom is 0.534 e. The highest BCUT2D eigenvalue weighted by atomic mass is 32.2. The van der Waals surface area contributed by atoms with Gasteiger partial charge in [-0.3, -0.25) is 0 Å². The molecule has 0 bridgehead atoms. The van der Waals surface area contributed by atoms with E-state index in [9.17, 15) is 26.7 Å². The average Bonchev–Trinajstić information content (AvgIpc) is 2.52. The van der Waals surface area contributed by atoms with Crippen molar-refractivity contribution in [2.75, 3.05) is 13.7 Å². The number of methoxy groups -OCH3 is 1. The van der Waals surface area contributed by atoms with Gasteiger partial charge in [-0.1, -0.05) is 30.3 Å². The lowest BCUT2D eigenvalue weighted by Crippen LogP contribution is -2.28. The highest BCUT2D eigenvalue weighted by Gasteiger charge is 2.48. The Kier molecular flexibility index (Phi) is 5.58. The second kappa shape index (κ2) is 7.32. The summed E-state index contributed by atoms with van der Waals surface area (Å²) in [4.78, 5) is 0. The zero-order chi connectivity index (χ0) is 18.7. The van der Waals surface area contributed by atoms with Gasteiger partial charge in [-0.2, -0.15) is 21.6 Å². The van der Waals surface area contributed by atoms with Crippen molar-refractivity contribution >= 4 is 10.1 Å². The maximum absolute atomic E-state index is 12.5. The van der Waals surface area contributed by atoms with Crippen LogP contribution in [0.5, 0.6) is 11.5 Å². The summed E-state index contributed by atoms with van der Waals surface area (Å²) < 4.78 is 68.8. The molecule has 0 radical (unpaired) electrons. The molecular formula is C16H15F3O5S. The van der Waals surface area contributed by atoms with Crippen molar-refractivity contribution in [3.63, 3.8) is 0 Å². The summed E-state index contributed by atoms with van der Waals surface area (Å²) in [5.41, 5.74) is -4.18. The van der Waals surface area contributed by atoms with Crippen LogP contribution in [0.1, 0.15) is 5.56 Å². The van der Waals surface area contributed by atoms with E-state index in [0.717, 1.165) is 12.1 Å². The summed E-state index contributed by atoms with van der Waals surface area (Å²) in [6.45, 7) is 0.217. The second-order valence-electron chi connectivity index (χ2n) is 5.07.